The van der Waals surface area contributed by atoms with Gasteiger partial charge in [-0.3, -0.25) is 4.99 Å². The maximum atomic E-state index is 5.27. The molecule has 1 atom stereocenters. The minimum absolute atomic E-state index is 0.145. The molecule has 8 aromatic carbocycles. The average molecular weight is 848 g/mol. The van der Waals surface area contributed by atoms with Crippen LogP contribution in [-0.2, 0) is 0 Å². The van der Waals surface area contributed by atoms with Crippen LogP contribution in [0.3, 0.4) is 0 Å². The van der Waals surface area contributed by atoms with Crippen molar-refractivity contribution in [3.8, 4) is 22.3 Å². The van der Waals surface area contributed by atoms with Crippen molar-refractivity contribution >= 4 is 39.5 Å². The van der Waals surface area contributed by atoms with E-state index < -0.39 is 0 Å². The molecule has 11 rings (SSSR count). The number of hydrogen-bond acceptors (Lipinski definition) is 3. The second-order valence-electron chi connectivity index (χ2n) is 17.1. The first kappa shape index (κ1) is 40.5. The van der Waals surface area contributed by atoms with E-state index in [2.05, 4.69) is 248 Å². The van der Waals surface area contributed by atoms with Crippen LogP contribution in [0.1, 0.15) is 63.5 Å². The topological polar surface area (TPSA) is 27.6 Å². The second kappa shape index (κ2) is 17.7. The molecule has 3 aliphatic rings. The van der Waals surface area contributed by atoms with Crippen molar-refractivity contribution in [2.24, 2.45) is 4.99 Å². The van der Waals surface area contributed by atoms with Gasteiger partial charge in [0.15, 0.2) is 0 Å². The SMILES string of the molecule is C=C(/C(=C1/c2ccccc2C(c2ccc(-c3ccc(-c4ccc(C5N=C(C6=CC=CCC6)c6ccccc6N5)cc4)cc3)cc2)=C(c2ccccc2)N1C)c1ccccc1)c1ccccc1. The highest BCUT2D eigenvalue weighted by Crippen LogP contribution is 2.49. The van der Waals surface area contributed by atoms with Crippen molar-refractivity contribution in [3.05, 3.63) is 287 Å². The van der Waals surface area contributed by atoms with Gasteiger partial charge in [-0.1, -0.05) is 231 Å². The summed E-state index contributed by atoms with van der Waals surface area (Å²) in [5.41, 5.74) is 23.0. The molecule has 0 fully saturated rings. The largest absolute Gasteiger partial charge is 0.360 e. The Labute approximate surface area is 388 Å². The van der Waals surface area contributed by atoms with Gasteiger partial charge in [0, 0.05) is 35.0 Å². The maximum Gasteiger partial charge on any atom is 0.145 e. The summed E-state index contributed by atoms with van der Waals surface area (Å²) in [5.74, 6) is 0. The van der Waals surface area contributed by atoms with Crippen LogP contribution in [0.5, 0.6) is 0 Å². The summed E-state index contributed by atoms with van der Waals surface area (Å²) >= 11 is 0. The number of fused-ring (bicyclic) bond motifs is 2. The van der Waals surface area contributed by atoms with Crippen molar-refractivity contribution < 1.29 is 0 Å². The molecule has 0 amide bonds. The monoisotopic (exact) mass is 847 g/mol. The molecule has 0 saturated heterocycles. The summed E-state index contributed by atoms with van der Waals surface area (Å²) in [7, 11) is 2.21. The highest BCUT2D eigenvalue weighted by atomic mass is 15.1. The molecule has 0 saturated carbocycles. The molecular weight excluding hydrogens is 799 g/mol. The Bertz CT molecular complexity index is 3240. The molecule has 0 aromatic heterocycles. The van der Waals surface area contributed by atoms with Gasteiger partial charge in [0.05, 0.1) is 17.1 Å². The predicted octanol–water partition coefficient (Wildman–Crippen LogP) is 15.7. The summed E-state index contributed by atoms with van der Waals surface area (Å²) in [6.07, 6.45) is 8.52. The number of anilines is 1. The first-order valence-electron chi connectivity index (χ1n) is 22.9. The van der Waals surface area contributed by atoms with Crippen LogP contribution in [-0.4, -0.2) is 17.7 Å². The van der Waals surface area contributed by atoms with E-state index >= 15 is 0 Å². The number of rotatable bonds is 9. The first-order valence-corrected chi connectivity index (χ1v) is 22.9. The van der Waals surface area contributed by atoms with E-state index in [4.69, 9.17) is 11.6 Å². The van der Waals surface area contributed by atoms with E-state index in [0.717, 1.165) is 74.6 Å². The molecule has 3 nitrogen and oxygen atoms in total. The van der Waals surface area contributed by atoms with Gasteiger partial charge in [-0.25, -0.2) is 0 Å². The smallest absolute Gasteiger partial charge is 0.145 e. The molecular formula is C63H49N3. The summed E-state index contributed by atoms with van der Waals surface area (Å²) < 4.78 is 0. The molecule has 1 N–H and O–H groups in total. The van der Waals surface area contributed by atoms with Gasteiger partial charge in [-0.2, -0.15) is 0 Å². The van der Waals surface area contributed by atoms with E-state index in [1.54, 1.807) is 0 Å². The highest BCUT2D eigenvalue weighted by Gasteiger charge is 2.32. The first-order chi connectivity index (χ1) is 32.6. The Balaban J connectivity index is 0.917. The lowest BCUT2D eigenvalue weighted by Gasteiger charge is -2.37. The minimum atomic E-state index is -0.145. The van der Waals surface area contributed by atoms with E-state index in [0.29, 0.717) is 0 Å². The molecule has 66 heavy (non-hydrogen) atoms. The van der Waals surface area contributed by atoms with E-state index in [-0.39, 0.29) is 6.17 Å². The van der Waals surface area contributed by atoms with Crippen LogP contribution in [0.2, 0.25) is 0 Å². The third kappa shape index (κ3) is 7.65. The number of para-hydroxylation sites is 1. The normalized spacial score (nSPS) is 16.1. The highest BCUT2D eigenvalue weighted by molar-refractivity contribution is 6.19. The van der Waals surface area contributed by atoms with Gasteiger partial charge in [-0.05, 0) is 85.7 Å². The minimum Gasteiger partial charge on any atom is -0.360 e. The molecule has 316 valence electrons. The van der Waals surface area contributed by atoms with Crippen LogP contribution in [0, 0.1) is 0 Å². The van der Waals surface area contributed by atoms with Crippen LogP contribution < -0.4 is 5.32 Å². The number of benzene rings is 8. The lowest BCUT2D eigenvalue weighted by molar-refractivity contribution is 0.682. The molecule has 0 radical (unpaired) electrons. The zero-order chi connectivity index (χ0) is 44.4. The second-order valence-corrected chi connectivity index (χ2v) is 17.1. The van der Waals surface area contributed by atoms with Crippen molar-refractivity contribution in [2.75, 3.05) is 12.4 Å². The number of hydrogen-bond donors (Lipinski definition) is 1. The van der Waals surface area contributed by atoms with E-state index in [9.17, 15) is 0 Å². The standard InChI is InChI=1S/C63H49N3/c1-43(44-19-7-3-8-20-44)58(49-21-9-4-10-22-49)62-55-28-16-15-27-54(55)59(61(66(62)2)52-25-13-6-14-26-52)50-39-35-47(36-40-50)45-31-33-46(34-32-45)48-37-41-53(42-38-48)63-64-57-30-18-17-29-56(57)60(65-63)51-23-11-5-12-24-51/h3-11,13-23,25-42,63-64H,1,12,24H2,2H3/b62-58+. The maximum absolute atomic E-state index is 5.27. The fraction of sp³-hybridized carbons (Fsp3) is 0.0635. The lowest BCUT2D eigenvalue weighted by atomic mass is 9.81. The zero-order valence-corrected chi connectivity index (χ0v) is 37.0. The fourth-order valence-corrected chi connectivity index (χ4v) is 9.82. The Morgan fingerprint density at radius 3 is 1.65 bits per heavy atom. The summed E-state index contributed by atoms with van der Waals surface area (Å²) in [4.78, 5) is 7.66. The van der Waals surface area contributed by atoms with Crippen LogP contribution in [0.25, 0.3) is 50.4 Å². The molecule has 8 aromatic rings. The summed E-state index contributed by atoms with van der Waals surface area (Å²) in [6.45, 7) is 4.75. The van der Waals surface area contributed by atoms with Gasteiger partial charge >= 0.3 is 0 Å². The zero-order valence-electron chi connectivity index (χ0n) is 37.0. The fourth-order valence-electron chi connectivity index (χ4n) is 9.82. The molecule has 2 heterocycles. The van der Waals surface area contributed by atoms with Gasteiger partial charge in [0.2, 0.25) is 0 Å². The Kier molecular flexibility index (Phi) is 10.9. The lowest BCUT2D eigenvalue weighted by Crippen LogP contribution is -2.24. The third-order valence-corrected chi connectivity index (χ3v) is 13.1. The molecule has 2 aliphatic heterocycles. The van der Waals surface area contributed by atoms with E-state index in [1.165, 1.54) is 50.1 Å². The van der Waals surface area contributed by atoms with Crippen molar-refractivity contribution in [3.63, 3.8) is 0 Å². The molecule has 1 unspecified atom stereocenters. The molecule has 0 spiro atoms. The van der Waals surface area contributed by atoms with Crippen molar-refractivity contribution in [2.45, 2.75) is 19.0 Å². The van der Waals surface area contributed by atoms with Gasteiger partial charge < -0.3 is 10.2 Å². The third-order valence-electron chi connectivity index (χ3n) is 13.1. The number of nitrogens with one attached hydrogen (secondary N) is 1. The average Bonchev–Trinajstić information content (AvgIpc) is 3.40. The number of allylic oxidation sites excluding steroid dienone is 6. The molecule has 3 heteroatoms. The summed E-state index contributed by atoms with van der Waals surface area (Å²) in [5, 5.41) is 3.69. The predicted molar refractivity (Wildman–Crippen MR) is 278 cm³/mol. The molecule has 1 aliphatic carbocycles. The Morgan fingerprint density at radius 1 is 0.530 bits per heavy atom. The Hall–Kier alpha value is -8.27. The van der Waals surface area contributed by atoms with Gasteiger partial charge in [-0.15, -0.1) is 0 Å². The summed E-state index contributed by atoms with van der Waals surface area (Å²) in [6, 6.07) is 76.3. The quantitative estimate of drug-likeness (QED) is 0.157. The van der Waals surface area contributed by atoms with Crippen molar-refractivity contribution in [1.82, 2.24) is 4.90 Å². The van der Waals surface area contributed by atoms with Crippen LogP contribution >= 0.6 is 0 Å². The van der Waals surface area contributed by atoms with E-state index in [1.807, 2.05) is 0 Å². The Morgan fingerprint density at radius 2 is 1.05 bits per heavy atom. The number of nitrogens with zero attached hydrogens (tertiary/aromatic N) is 2. The van der Waals surface area contributed by atoms with Gasteiger partial charge in [0.1, 0.15) is 6.17 Å². The van der Waals surface area contributed by atoms with Crippen molar-refractivity contribution in [1.29, 1.82) is 0 Å². The van der Waals surface area contributed by atoms with Crippen LogP contribution in [0.4, 0.5) is 5.69 Å². The molecule has 0 bridgehead atoms. The van der Waals surface area contributed by atoms with Crippen LogP contribution in [0.15, 0.2) is 248 Å². The number of aliphatic imine (C=N–C) groups is 1. The van der Waals surface area contributed by atoms with Gasteiger partial charge in [0.25, 0.3) is 0 Å².